The second-order valence-electron chi connectivity index (χ2n) is 6.23. The zero-order chi connectivity index (χ0) is 20.5. The van der Waals surface area contributed by atoms with E-state index in [1.165, 1.54) is 28.0 Å². The van der Waals surface area contributed by atoms with Gasteiger partial charge in [0.15, 0.2) is 11.5 Å². The predicted molar refractivity (Wildman–Crippen MR) is 108 cm³/mol. The van der Waals surface area contributed by atoms with Gasteiger partial charge in [0.1, 0.15) is 35.3 Å². The lowest BCUT2D eigenvalue weighted by Gasteiger charge is -2.41. The summed E-state index contributed by atoms with van der Waals surface area (Å²) in [4.78, 5) is 4.78. The van der Waals surface area contributed by atoms with Gasteiger partial charge in [0, 0.05) is 4.90 Å². The second-order valence-corrected chi connectivity index (χ2v) is 8.82. The van der Waals surface area contributed by atoms with Crippen molar-refractivity contribution in [1.29, 1.82) is 0 Å². The van der Waals surface area contributed by atoms with Crippen molar-refractivity contribution in [3.05, 3.63) is 40.0 Å². The molecule has 0 bridgehead atoms. The van der Waals surface area contributed by atoms with Gasteiger partial charge < -0.3 is 20.1 Å². The van der Waals surface area contributed by atoms with E-state index in [4.69, 9.17) is 27.9 Å². The van der Waals surface area contributed by atoms with Crippen LogP contribution in [0, 0.1) is 0 Å². The van der Waals surface area contributed by atoms with Gasteiger partial charge in [0.25, 0.3) is 0 Å². The summed E-state index contributed by atoms with van der Waals surface area (Å²) >= 11 is 14.4. The lowest BCUT2D eigenvalue weighted by molar-refractivity contribution is -0.178. The summed E-state index contributed by atoms with van der Waals surface area (Å²) in [5.41, 5.74) is 1.17. The molecule has 1 fully saturated rings. The van der Waals surface area contributed by atoms with Gasteiger partial charge in [-0.3, -0.25) is 0 Å². The van der Waals surface area contributed by atoms with E-state index in [1.54, 1.807) is 29.9 Å². The third-order valence-corrected chi connectivity index (χ3v) is 6.76. The number of hydrogen-bond acceptors (Lipinski definition) is 10. The summed E-state index contributed by atoms with van der Waals surface area (Å²) in [7, 11) is 0. The van der Waals surface area contributed by atoms with Crippen molar-refractivity contribution in [3.8, 4) is 11.5 Å². The minimum atomic E-state index is -1.21. The number of hydrogen-bond donors (Lipinski definition) is 3. The molecule has 2 aromatic heterocycles. The van der Waals surface area contributed by atoms with Gasteiger partial charge in [-0.2, -0.15) is 4.37 Å². The molecule has 0 saturated carbocycles. The topological polar surface area (TPSA) is 126 Å². The smallest absolute Gasteiger partial charge is 0.194 e. The first kappa shape index (κ1) is 20.9. The van der Waals surface area contributed by atoms with Gasteiger partial charge in [-0.1, -0.05) is 40.2 Å². The first-order valence-electron chi connectivity index (χ1n) is 8.40. The number of aromatic nitrogens is 5. The van der Waals surface area contributed by atoms with Gasteiger partial charge in [-0.15, -0.1) is 5.10 Å². The van der Waals surface area contributed by atoms with Crippen molar-refractivity contribution in [1.82, 2.24) is 24.4 Å². The van der Waals surface area contributed by atoms with E-state index in [9.17, 15) is 15.3 Å². The highest BCUT2D eigenvalue weighted by Crippen LogP contribution is 2.39. The van der Waals surface area contributed by atoms with Crippen LogP contribution in [0.4, 0.5) is 0 Å². The summed E-state index contributed by atoms with van der Waals surface area (Å²) < 4.78 is 11.2. The molecule has 1 aliphatic heterocycles. The van der Waals surface area contributed by atoms with Crippen LogP contribution in [0.5, 0.6) is 0 Å². The van der Waals surface area contributed by atoms with Crippen LogP contribution in [0.2, 0.25) is 10.0 Å². The fourth-order valence-corrected chi connectivity index (χ4v) is 4.87. The average molecular weight is 476 g/mol. The zero-order valence-corrected chi connectivity index (χ0v) is 17.7. The molecule has 5 atom stereocenters. The minimum absolute atomic E-state index is 0.369. The number of thioether (sulfide) groups is 1. The molecule has 9 nitrogen and oxygen atoms in total. The Kier molecular flexibility index (Phi) is 6.37. The molecule has 29 heavy (non-hydrogen) atoms. The Hall–Kier alpha value is -1.31. The fourth-order valence-electron chi connectivity index (χ4n) is 2.97. The zero-order valence-electron chi connectivity index (χ0n) is 14.5. The lowest BCUT2D eigenvalue weighted by atomic mass is 9.97. The van der Waals surface area contributed by atoms with Crippen molar-refractivity contribution in [2.45, 2.75) is 34.7 Å². The van der Waals surface area contributed by atoms with E-state index in [-0.39, 0.29) is 0 Å². The first-order chi connectivity index (χ1) is 14.0. The molecule has 0 unspecified atom stereocenters. The van der Waals surface area contributed by atoms with Crippen LogP contribution in [0.1, 0.15) is 6.04 Å². The highest BCUT2D eigenvalue weighted by atomic mass is 35.5. The van der Waals surface area contributed by atoms with Gasteiger partial charge >= 0.3 is 0 Å². The molecular weight excluding hydrogens is 461 g/mol. The van der Waals surface area contributed by atoms with E-state index >= 15 is 0 Å². The van der Waals surface area contributed by atoms with E-state index in [0.717, 1.165) is 0 Å². The summed E-state index contributed by atoms with van der Waals surface area (Å²) in [6.45, 7) is -0.433. The van der Waals surface area contributed by atoms with Crippen molar-refractivity contribution >= 4 is 46.5 Å². The predicted octanol–water partition coefficient (Wildman–Crippen LogP) is 1.88. The number of ether oxygens (including phenoxy) is 1. The Labute approximate surface area is 183 Å². The van der Waals surface area contributed by atoms with Crippen LogP contribution in [0.25, 0.3) is 11.5 Å². The summed E-state index contributed by atoms with van der Waals surface area (Å²) in [6.07, 6.45) is -1.75. The Morgan fingerprint density at radius 3 is 2.72 bits per heavy atom. The van der Waals surface area contributed by atoms with E-state index < -0.39 is 36.4 Å². The van der Waals surface area contributed by atoms with Crippen LogP contribution in [-0.2, 0) is 4.74 Å². The number of nitrogens with zero attached hydrogens (tertiary/aromatic N) is 5. The van der Waals surface area contributed by atoms with Crippen LogP contribution in [0.15, 0.2) is 34.8 Å². The number of benzene rings is 1. The molecule has 1 aliphatic rings. The Bertz CT molecular complexity index is 976. The molecule has 0 spiro atoms. The molecule has 154 valence electrons. The molecule has 1 aromatic carbocycles. The van der Waals surface area contributed by atoms with Gasteiger partial charge in [0.2, 0.25) is 0 Å². The molecule has 0 amide bonds. The average Bonchev–Trinajstić information content (AvgIpc) is 3.39. The monoisotopic (exact) mass is 475 g/mol. The highest BCUT2D eigenvalue weighted by molar-refractivity contribution is 7.99. The SMILES string of the molecule is OC[C@H]1O[C@H](Sc2ccc(Cl)c(Cl)c2)[C@H](O)[C@@H](n2cc(-c3ncsn3)nn2)[C@H]1O. The largest absolute Gasteiger partial charge is 0.394 e. The number of aliphatic hydroxyl groups is 3. The van der Waals surface area contributed by atoms with Crippen molar-refractivity contribution < 1.29 is 20.1 Å². The quantitative estimate of drug-likeness (QED) is 0.506. The van der Waals surface area contributed by atoms with Gasteiger partial charge in [-0.25, -0.2) is 9.67 Å². The number of halogens is 2. The van der Waals surface area contributed by atoms with Crippen molar-refractivity contribution in [3.63, 3.8) is 0 Å². The minimum Gasteiger partial charge on any atom is -0.394 e. The maximum atomic E-state index is 10.9. The van der Waals surface area contributed by atoms with E-state index in [2.05, 4.69) is 19.7 Å². The molecule has 13 heteroatoms. The number of aliphatic hydroxyl groups excluding tert-OH is 3. The Morgan fingerprint density at radius 2 is 2.03 bits per heavy atom. The van der Waals surface area contributed by atoms with Gasteiger partial charge in [0.05, 0.1) is 22.8 Å². The van der Waals surface area contributed by atoms with Crippen molar-refractivity contribution in [2.75, 3.05) is 6.61 Å². The molecular formula is C16H15Cl2N5O4S2. The maximum absolute atomic E-state index is 10.9. The van der Waals surface area contributed by atoms with E-state index in [1.807, 2.05) is 0 Å². The van der Waals surface area contributed by atoms with Crippen LogP contribution >= 0.6 is 46.5 Å². The van der Waals surface area contributed by atoms with Crippen LogP contribution in [-0.4, -0.2) is 70.0 Å². The summed E-state index contributed by atoms with van der Waals surface area (Å²) in [6, 6.07) is 4.13. The van der Waals surface area contributed by atoms with E-state index in [0.29, 0.717) is 26.5 Å². The molecule has 1 saturated heterocycles. The summed E-state index contributed by atoms with van der Waals surface area (Å²) in [5.74, 6) is 0.401. The molecule has 3 heterocycles. The highest BCUT2D eigenvalue weighted by Gasteiger charge is 2.46. The molecule has 4 rings (SSSR count). The number of rotatable bonds is 5. The second kappa shape index (κ2) is 8.82. The third-order valence-electron chi connectivity index (χ3n) is 4.40. The van der Waals surface area contributed by atoms with Crippen LogP contribution in [0.3, 0.4) is 0 Å². The Balaban J connectivity index is 1.61. The third kappa shape index (κ3) is 4.28. The standard InChI is InChI=1S/C16H15Cl2N5O4S2/c17-8-2-1-7(3-9(8)18)29-16-14(26)12(13(25)11(5-24)27-16)23-4-10(20-22-23)15-19-6-28-21-15/h1-4,6,11-14,16,24-26H,5H2/t11-,12+,13+,14-,16-/m1/s1. The Morgan fingerprint density at radius 1 is 1.21 bits per heavy atom. The molecule has 0 radical (unpaired) electrons. The fraction of sp³-hybridized carbons (Fsp3) is 0.375. The van der Waals surface area contributed by atoms with Crippen molar-refractivity contribution in [2.24, 2.45) is 0 Å². The van der Waals surface area contributed by atoms with Crippen LogP contribution < -0.4 is 0 Å². The summed E-state index contributed by atoms with van der Waals surface area (Å²) in [5, 5.41) is 40.0. The molecule has 0 aliphatic carbocycles. The normalized spacial score (nSPS) is 27.3. The van der Waals surface area contributed by atoms with Gasteiger partial charge in [-0.05, 0) is 29.7 Å². The lowest BCUT2D eigenvalue weighted by Crippen LogP contribution is -2.55. The molecule has 3 aromatic rings. The molecule has 3 N–H and O–H groups in total. The first-order valence-corrected chi connectivity index (χ1v) is 10.9. The maximum Gasteiger partial charge on any atom is 0.194 e.